The zero-order valence-corrected chi connectivity index (χ0v) is 10.6. The van der Waals surface area contributed by atoms with Crippen molar-refractivity contribution in [3.05, 3.63) is 24.0 Å². The number of hydrogen-bond acceptors (Lipinski definition) is 4. The van der Waals surface area contributed by atoms with Crippen LogP contribution >= 0.6 is 0 Å². The average molecular weight is 261 g/mol. The third kappa shape index (κ3) is 3.89. The van der Waals surface area contributed by atoms with E-state index in [4.69, 9.17) is 10.5 Å². The highest BCUT2D eigenvalue weighted by Gasteiger charge is 2.15. The van der Waals surface area contributed by atoms with Crippen molar-refractivity contribution in [3.63, 3.8) is 0 Å². The molecule has 0 fully saturated rings. The molecule has 0 spiro atoms. The van der Waals surface area contributed by atoms with E-state index in [2.05, 4.69) is 0 Å². The Kier molecular flexibility index (Phi) is 4.34. The van der Waals surface area contributed by atoms with Crippen LogP contribution in [0.2, 0.25) is 0 Å². The first-order valence-electron chi connectivity index (χ1n) is 5.22. The fourth-order valence-corrected chi connectivity index (χ4v) is 1.90. The van der Waals surface area contributed by atoms with Gasteiger partial charge in [-0.3, -0.25) is 0 Å². The highest BCUT2D eigenvalue weighted by molar-refractivity contribution is 7.91. The van der Waals surface area contributed by atoms with Crippen molar-refractivity contribution in [3.8, 4) is 5.75 Å². The summed E-state index contributed by atoms with van der Waals surface area (Å²) in [6, 6.07) is 4.01. The maximum atomic E-state index is 13.0. The Labute approximate surface area is 101 Å². The van der Waals surface area contributed by atoms with E-state index in [9.17, 15) is 12.8 Å². The van der Waals surface area contributed by atoms with Crippen molar-refractivity contribution in [1.82, 2.24) is 0 Å². The van der Waals surface area contributed by atoms with Crippen LogP contribution in [0.1, 0.15) is 13.8 Å². The number of anilines is 1. The zero-order valence-electron chi connectivity index (χ0n) is 9.81. The van der Waals surface area contributed by atoms with Gasteiger partial charge in [-0.25, -0.2) is 12.8 Å². The number of nitrogens with two attached hydrogens (primary N) is 1. The van der Waals surface area contributed by atoms with Crippen LogP contribution < -0.4 is 10.5 Å². The number of benzene rings is 1. The summed E-state index contributed by atoms with van der Waals surface area (Å²) in [5, 5.41) is -0.436. The van der Waals surface area contributed by atoms with E-state index >= 15 is 0 Å². The summed E-state index contributed by atoms with van der Waals surface area (Å²) in [4.78, 5) is 0. The second kappa shape index (κ2) is 5.35. The molecule has 0 aromatic heterocycles. The van der Waals surface area contributed by atoms with Gasteiger partial charge < -0.3 is 10.5 Å². The van der Waals surface area contributed by atoms with E-state index in [-0.39, 0.29) is 23.8 Å². The van der Waals surface area contributed by atoms with Crippen molar-refractivity contribution in [1.29, 1.82) is 0 Å². The molecule has 1 aromatic rings. The van der Waals surface area contributed by atoms with Crippen LogP contribution in [-0.4, -0.2) is 26.0 Å². The van der Waals surface area contributed by atoms with Crippen LogP contribution in [0.15, 0.2) is 18.2 Å². The molecule has 2 N–H and O–H groups in total. The van der Waals surface area contributed by atoms with Crippen LogP contribution in [0.3, 0.4) is 0 Å². The smallest absolute Gasteiger partial charge is 0.155 e. The lowest BCUT2D eigenvalue weighted by Crippen LogP contribution is -2.22. The SMILES string of the molecule is CC(C)S(=O)(=O)CCOc1ccc(N)c(F)c1. The molecule has 4 nitrogen and oxygen atoms in total. The van der Waals surface area contributed by atoms with E-state index in [1.165, 1.54) is 12.1 Å². The Bertz CT molecular complexity index is 485. The molecule has 0 heterocycles. The van der Waals surface area contributed by atoms with Gasteiger partial charge in [0.1, 0.15) is 18.2 Å². The molecule has 0 aliphatic rings. The summed E-state index contributed by atoms with van der Waals surface area (Å²) in [5.41, 5.74) is 5.33. The number of sulfone groups is 1. The normalized spacial score (nSPS) is 11.8. The van der Waals surface area contributed by atoms with Gasteiger partial charge in [-0.05, 0) is 26.0 Å². The summed E-state index contributed by atoms with van der Waals surface area (Å²) in [5.74, 6) is -0.388. The number of rotatable bonds is 5. The lowest BCUT2D eigenvalue weighted by Gasteiger charge is -2.09. The lowest BCUT2D eigenvalue weighted by atomic mass is 10.3. The second-order valence-corrected chi connectivity index (χ2v) is 6.62. The number of ether oxygens (including phenoxy) is 1. The van der Waals surface area contributed by atoms with E-state index in [0.717, 1.165) is 6.07 Å². The van der Waals surface area contributed by atoms with Gasteiger partial charge in [-0.15, -0.1) is 0 Å². The highest BCUT2D eigenvalue weighted by atomic mass is 32.2. The fraction of sp³-hybridized carbons (Fsp3) is 0.455. The largest absolute Gasteiger partial charge is 0.492 e. The third-order valence-corrected chi connectivity index (χ3v) is 4.50. The first-order valence-corrected chi connectivity index (χ1v) is 6.94. The summed E-state index contributed by atoms with van der Waals surface area (Å²) in [6.07, 6.45) is 0. The predicted octanol–water partition coefficient (Wildman–Crippen LogP) is 1.61. The monoisotopic (exact) mass is 261 g/mol. The van der Waals surface area contributed by atoms with E-state index in [0.29, 0.717) is 0 Å². The molecule has 0 radical (unpaired) electrons. The van der Waals surface area contributed by atoms with Gasteiger partial charge in [0.2, 0.25) is 0 Å². The van der Waals surface area contributed by atoms with Gasteiger partial charge in [0.15, 0.2) is 9.84 Å². The molecule has 0 aliphatic carbocycles. The minimum Gasteiger partial charge on any atom is -0.492 e. The number of hydrogen-bond donors (Lipinski definition) is 1. The Morgan fingerprint density at radius 3 is 2.59 bits per heavy atom. The van der Waals surface area contributed by atoms with Crippen LogP contribution in [0.25, 0.3) is 0 Å². The van der Waals surface area contributed by atoms with Crippen LogP contribution in [0.5, 0.6) is 5.75 Å². The van der Waals surface area contributed by atoms with Crippen LogP contribution in [-0.2, 0) is 9.84 Å². The standard InChI is InChI=1S/C11H16FNO3S/c1-8(2)17(14,15)6-5-16-9-3-4-11(13)10(12)7-9/h3-4,7-8H,5-6,13H2,1-2H3. The van der Waals surface area contributed by atoms with E-state index in [1.807, 2.05) is 0 Å². The maximum absolute atomic E-state index is 13.0. The minimum absolute atomic E-state index is 0.00384. The Balaban J connectivity index is 2.55. The first kappa shape index (κ1) is 13.8. The summed E-state index contributed by atoms with van der Waals surface area (Å²) >= 11 is 0. The molecule has 0 unspecified atom stereocenters. The predicted molar refractivity (Wildman–Crippen MR) is 65.2 cm³/mol. The van der Waals surface area contributed by atoms with E-state index < -0.39 is 20.9 Å². The summed E-state index contributed by atoms with van der Waals surface area (Å²) in [6.45, 7) is 3.22. The van der Waals surface area contributed by atoms with Crippen molar-refractivity contribution in [2.45, 2.75) is 19.1 Å². The van der Waals surface area contributed by atoms with Crippen molar-refractivity contribution in [2.24, 2.45) is 0 Å². The molecule has 0 saturated carbocycles. The van der Waals surface area contributed by atoms with Crippen molar-refractivity contribution >= 4 is 15.5 Å². The van der Waals surface area contributed by atoms with Gasteiger partial charge in [-0.1, -0.05) is 0 Å². The maximum Gasteiger partial charge on any atom is 0.155 e. The lowest BCUT2D eigenvalue weighted by molar-refractivity contribution is 0.338. The fourth-order valence-electron chi connectivity index (χ4n) is 1.11. The molecule has 0 amide bonds. The average Bonchev–Trinajstić information content (AvgIpc) is 2.23. The quantitative estimate of drug-likeness (QED) is 0.817. The molecule has 0 aliphatic heterocycles. The first-order chi connectivity index (χ1) is 7.83. The molecule has 1 rings (SSSR count). The molecule has 0 bridgehead atoms. The zero-order chi connectivity index (χ0) is 13.1. The molecule has 96 valence electrons. The van der Waals surface area contributed by atoms with Gasteiger partial charge in [0.25, 0.3) is 0 Å². The van der Waals surface area contributed by atoms with Crippen LogP contribution in [0, 0.1) is 5.82 Å². The summed E-state index contributed by atoms with van der Waals surface area (Å²) < 4.78 is 41.1. The Morgan fingerprint density at radius 1 is 1.41 bits per heavy atom. The summed E-state index contributed by atoms with van der Waals surface area (Å²) in [7, 11) is -3.13. The number of nitrogen functional groups attached to an aromatic ring is 1. The molecule has 6 heteroatoms. The molecule has 0 atom stereocenters. The molecular formula is C11H16FNO3S. The van der Waals surface area contributed by atoms with Crippen LogP contribution in [0.4, 0.5) is 10.1 Å². The Hall–Kier alpha value is -1.30. The second-order valence-electron chi connectivity index (χ2n) is 3.95. The van der Waals surface area contributed by atoms with Gasteiger partial charge in [0, 0.05) is 6.07 Å². The molecule has 1 aromatic carbocycles. The Morgan fingerprint density at radius 2 is 2.06 bits per heavy atom. The van der Waals surface area contributed by atoms with Gasteiger partial charge in [0.05, 0.1) is 16.7 Å². The van der Waals surface area contributed by atoms with Gasteiger partial charge >= 0.3 is 0 Å². The molecule has 0 saturated heterocycles. The molecular weight excluding hydrogens is 245 g/mol. The molecule has 17 heavy (non-hydrogen) atoms. The van der Waals surface area contributed by atoms with Crippen molar-refractivity contribution < 1.29 is 17.5 Å². The minimum atomic E-state index is -3.13. The number of halogens is 1. The van der Waals surface area contributed by atoms with Gasteiger partial charge in [-0.2, -0.15) is 0 Å². The van der Waals surface area contributed by atoms with Crippen molar-refractivity contribution in [2.75, 3.05) is 18.1 Å². The highest BCUT2D eigenvalue weighted by Crippen LogP contribution is 2.18. The topological polar surface area (TPSA) is 69.4 Å². The van der Waals surface area contributed by atoms with E-state index in [1.54, 1.807) is 13.8 Å². The third-order valence-electron chi connectivity index (χ3n) is 2.33.